The maximum absolute atomic E-state index is 10.9. The normalized spacial score (nSPS) is 17.8. The fourth-order valence-corrected chi connectivity index (χ4v) is 4.33. The summed E-state index contributed by atoms with van der Waals surface area (Å²) < 4.78 is 0. The zero-order valence-electron chi connectivity index (χ0n) is 10.2. The fraction of sp³-hybridized carbons (Fsp3) is 0.538. The van der Waals surface area contributed by atoms with E-state index < -0.39 is 0 Å². The van der Waals surface area contributed by atoms with E-state index in [0.717, 1.165) is 16.4 Å². The summed E-state index contributed by atoms with van der Waals surface area (Å²) in [4.78, 5) is 11.4. The lowest BCUT2D eigenvalue weighted by Gasteiger charge is -2.26. The molecule has 98 valence electrons. The van der Waals surface area contributed by atoms with Gasteiger partial charge in [0, 0.05) is 11.8 Å². The average Bonchev–Trinajstić information content (AvgIpc) is 2.86. The maximum atomic E-state index is 10.9. The highest BCUT2D eigenvalue weighted by atomic mass is 32.2. The Morgan fingerprint density at radius 1 is 1.33 bits per heavy atom. The second-order valence-electron chi connectivity index (χ2n) is 4.88. The van der Waals surface area contributed by atoms with Gasteiger partial charge in [0.05, 0.1) is 9.82 Å². The molecule has 1 aromatic rings. The number of nitro groups is 1. The van der Waals surface area contributed by atoms with E-state index in [9.17, 15) is 10.1 Å². The minimum atomic E-state index is -0.301. The van der Waals surface area contributed by atoms with Crippen LogP contribution in [0.2, 0.25) is 0 Å². The Kier molecular flexibility index (Phi) is 4.56. The van der Waals surface area contributed by atoms with Gasteiger partial charge < -0.3 is 0 Å². The van der Waals surface area contributed by atoms with E-state index in [1.54, 1.807) is 23.9 Å². The smallest absolute Gasteiger partial charge is 0.258 e. The molecule has 2 rings (SSSR count). The molecule has 0 aromatic heterocycles. The summed E-state index contributed by atoms with van der Waals surface area (Å²) in [6.07, 6.45) is 4.92. The molecule has 1 saturated carbocycles. The van der Waals surface area contributed by atoms with Crippen LogP contribution in [0.1, 0.15) is 25.7 Å². The number of para-hydroxylation sites is 1. The van der Waals surface area contributed by atoms with E-state index in [-0.39, 0.29) is 16.0 Å². The van der Waals surface area contributed by atoms with Gasteiger partial charge in [-0.25, -0.2) is 0 Å². The Hall–Kier alpha value is -0.680. The maximum Gasteiger partial charge on any atom is 0.282 e. The van der Waals surface area contributed by atoms with Crippen LogP contribution in [-0.4, -0.2) is 16.4 Å². The Labute approximate surface area is 117 Å². The molecule has 0 saturated heterocycles. The largest absolute Gasteiger partial charge is 0.282 e. The van der Waals surface area contributed by atoms with E-state index in [2.05, 4.69) is 12.6 Å². The molecule has 0 spiro atoms. The number of hydrogen-bond donors (Lipinski definition) is 1. The van der Waals surface area contributed by atoms with E-state index in [1.165, 1.54) is 25.7 Å². The van der Waals surface area contributed by atoms with Crippen molar-refractivity contribution in [2.45, 2.75) is 30.6 Å². The van der Waals surface area contributed by atoms with E-state index in [1.807, 2.05) is 12.1 Å². The fourth-order valence-electron chi connectivity index (χ4n) is 2.43. The van der Waals surface area contributed by atoms with Crippen molar-refractivity contribution in [1.82, 2.24) is 0 Å². The van der Waals surface area contributed by atoms with E-state index in [0.29, 0.717) is 0 Å². The number of thiol groups is 1. The van der Waals surface area contributed by atoms with Crippen LogP contribution in [0.5, 0.6) is 0 Å². The summed E-state index contributed by atoms with van der Waals surface area (Å²) in [6.45, 7) is 0. The SMILES string of the molecule is O=[N+]([O-])c1ccccc1SCC1(CS)CCCC1. The second-order valence-corrected chi connectivity index (χ2v) is 6.21. The molecule has 0 unspecified atom stereocenters. The van der Waals surface area contributed by atoms with Gasteiger partial charge in [0.1, 0.15) is 0 Å². The van der Waals surface area contributed by atoms with Gasteiger partial charge in [-0.15, -0.1) is 11.8 Å². The first-order chi connectivity index (χ1) is 8.67. The molecule has 0 amide bonds. The van der Waals surface area contributed by atoms with E-state index >= 15 is 0 Å². The van der Waals surface area contributed by atoms with Gasteiger partial charge in [0.15, 0.2) is 0 Å². The van der Waals surface area contributed by atoms with Crippen molar-refractivity contribution in [3.8, 4) is 0 Å². The number of nitro benzene ring substituents is 1. The van der Waals surface area contributed by atoms with Crippen LogP contribution in [0.25, 0.3) is 0 Å². The first kappa shape index (κ1) is 13.7. The van der Waals surface area contributed by atoms with Crippen molar-refractivity contribution in [2.24, 2.45) is 5.41 Å². The second kappa shape index (κ2) is 5.97. The summed E-state index contributed by atoms with van der Waals surface area (Å²) >= 11 is 6.07. The molecule has 0 N–H and O–H groups in total. The lowest BCUT2D eigenvalue weighted by atomic mass is 9.91. The van der Waals surface area contributed by atoms with Gasteiger partial charge in [-0.1, -0.05) is 25.0 Å². The summed E-state index contributed by atoms with van der Waals surface area (Å²) in [6, 6.07) is 6.98. The standard InChI is InChI=1S/C13H17NO2S2/c15-14(16)11-5-1-2-6-12(11)18-10-13(9-17)7-3-4-8-13/h1-2,5-6,17H,3-4,7-10H2. The van der Waals surface area contributed by atoms with Crippen molar-refractivity contribution < 1.29 is 4.92 Å². The van der Waals surface area contributed by atoms with E-state index in [4.69, 9.17) is 0 Å². The topological polar surface area (TPSA) is 43.1 Å². The third-order valence-corrected chi connectivity index (χ3v) is 5.68. The highest BCUT2D eigenvalue weighted by Gasteiger charge is 2.33. The predicted octanol–water partition coefficient (Wildman–Crippen LogP) is 4.18. The Morgan fingerprint density at radius 3 is 2.61 bits per heavy atom. The third-order valence-electron chi connectivity index (χ3n) is 3.60. The van der Waals surface area contributed by atoms with Crippen molar-refractivity contribution >= 4 is 30.1 Å². The van der Waals surface area contributed by atoms with Crippen LogP contribution in [0.4, 0.5) is 5.69 Å². The van der Waals surface area contributed by atoms with Gasteiger partial charge in [-0.2, -0.15) is 12.6 Å². The molecular weight excluding hydrogens is 266 g/mol. The van der Waals surface area contributed by atoms with Crippen LogP contribution in [0.15, 0.2) is 29.2 Å². The lowest BCUT2D eigenvalue weighted by Crippen LogP contribution is -2.21. The van der Waals surface area contributed by atoms with Crippen molar-refractivity contribution in [3.63, 3.8) is 0 Å². The quantitative estimate of drug-likeness (QED) is 0.381. The van der Waals surface area contributed by atoms with Crippen LogP contribution >= 0.6 is 24.4 Å². The minimum Gasteiger partial charge on any atom is -0.258 e. The molecule has 0 aliphatic heterocycles. The summed E-state index contributed by atoms with van der Waals surface area (Å²) in [5.74, 6) is 1.81. The highest BCUT2D eigenvalue weighted by molar-refractivity contribution is 7.99. The average molecular weight is 283 g/mol. The molecule has 0 bridgehead atoms. The predicted molar refractivity (Wildman–Crippen MR) is 78.6 cm³/mol. The van der Waals surface area contributed by atoms with Crippen LogP contribution < -0.4 is 0 Å². The summed E-state index contributed by atoms with van der Waals surface area (Å²) in [5, 5.41) is 10.9. The van der Waals surface area contributed by atoms with Gasteiger partial charge in [0.2, 0.25) is 0 Å². The van der Waals surface area contributed by atoms with Crippen molar-refractivity contribution in [2.75, 3.05) is 11.5 Å². The number of benzene rings is 1. The summed E-state index contributed by atoms with van der Waals surface area (Å²) in [7, 11) is 0. The molecule has 1 aliphatic carbocycles. The third kappa shape index (κ3) is 3.01. The highest BCUT2D eigenvalue weighted by Crippen LogP contribution is 2.44. The zero-order valence-corrected chi connectivity index (χ0v) is 11.9. The van der Waals surface area contributed by atoms with Gasteiger partial charge >= 0.3 is 0 Å². The molecule has 1 aromatic carbocycles. The van der Waals surface area contributed by atoms with Gasteiger partial charge in [-0.3, -0.25) is 10.1 Å². The lowest BCUT2D eigenvalue weighted by molar-refractivity contribution is -0.387. The van der Waals surface area contributed by atoms with Crippen LogP contribution in [0.3, 0.4) is 0 Å². The molecule has 1 aliphatic rings. The number of rotatable bonds is 5. The van der Waals surface area contributed by atoms with Crippen molar-refractivity contribution in [3.05, 3.63) is 34.4 Å². The Balaban J connectivity index is 2.08. The number of hydrogen-bond acceptors (Lipinski definition) is 4. The zero-order chi connectivity index (χ0) is 13.0. The Bertz CT molecular complexity index is 431. The minimum absolute atomic E-state index is 0.217. The molecule has 1 fully saturated rings. The number of thioether (sulfide) groups is 1. The molecule has 0 radical (unpaired) electrons. The van der Waals surface area contributed by atoms with Gasteiger partial charge in [0.25, 0.3) is 5.69 Å². The number of nitrogens with zero attached hydrogens (tertiary/aromatic N) is 1. The first-order valence-electron chi connectivity index (χ1n) is 6.14. The van der Waals surface area contributed by atoms with Crippen LogP contribution in [0, 0.1) is 15.5 Å². The first-order valence-corrected chi connectivity index (χ1v) is 7.76. The molecule has 18 heavy (non-hydrogen) atoms. The summed E-state index contributed by atoms with van der Waals surface area (Å²) in [5.41, 5.74) is 0.493. The van der Waals surface area contributed by atoms with Gasteiger partial charge in [-0.05, 0) is 30.1 Å². The molecule has 3 nitrogen and oxygen atoms in total. The molecule has 5 heteroatoms. The van der Waals surface area contributed by atoms with Crippen LogP contribution in [-0.2, 0) is 0 Å². The molecule has 0 heterocycles. The van der Waals surface area contributed by atoms with Crippen molar-refractivity contribution in [1.29, 1.82) is 0 Å². The molecular formula is C13H17NO2S2. The molecule has 0 atom stereocenters. The monoisotopic (exact) mass is 283 g/mol. The Morgan fingerprint density at radius 2 is 2.00 bits per heavy atom.